The Morgan fingerprint density at radius 3 is 2.56 bits per heavy atom. The van der Waals surface area contributed by atoms with Gasteiger partial charge in [-0.15, -0.1) is 0 Å². The van der Waals surface area contributed by atoms with Crippen molar-refractivity contribution in [2.45, 2.75) is 5.92 Å². The van der Waals surface area contributed by atoms with Gasteiger partial charge in [0.2, 0.25) is 0 Å². The van der Waals surface area contributed by atoms with Gasteiger partial charge in [0.1, 0.15) is 5.17 Å². The monoisotopic (exact) mass is 367 g/mol. The van der Waals surface area contributed by atoms with Crippen LogP contribution in [0.5, 0.6) is 0 Å². The summed E-state index contributed by atoms with van der Waals surface area (Å²) >= 11 is 12.8. The summed E-state index contributed by atoms with van der Waals surface area (Å²) in [6.45, 7) is 0. The van der Waals surface area contributed by atoms with E-state index in [0.29, 0.717) is 33.2 Å². The summed E-state index contributed by atoms with van der Waals surface area (Å²) in [5, 5.41) is 10.6. The smallest absolute Gasteiger partial charge is 0.198 e. The molecule has 0 saturated carbocycles. The Bertz CT molecular complexity index is 1020. The molecule has 1 unspecified atom stereocenters. The molecule has 4 rings (SSSR count). The van der Waals surface area contributed by atoms with Gasteiger partial charge in [0.15, 0.2) is 11.6 Å². The van der Waals surface area contributed by atoms with Gasteiger partial charge in [-0.05, 0) is 12.1 Å². The van der Waals surface area contributed by atoms with E-state index in [9.17, 15) is 5.26 Å². The number of nitrogens with two attached hydrogens (primary N) is 1. The number of nitrogens with zero attached hydrogens (tertiary/aromatic N) is 2. The summed E-state index contributed by atoms with van der Waals surface area (Å²) in [4.78, 5) is 4.36. The molecule has 0 saturated heterocycles. The number of hydrogen-bond donors (Lipinski definition) is 1. The van der Waals surface area contributed by atoms with Gasteiger partial charge in [-0.3, -0.25) is 0 Å². The van der Waals surface area contributed by atoms with E-state index in [-0.39, 0.29) is 11.1 Å². The largest absolute Gasteiger partial charge is 0.439 e. The molecule has 0 fully saturated rings. The lowest BCUT2D eigenvalue weighted by Crippen LogP contribution is -2.25. The van der Waals surface area contributed by atoms with Crippen molar-refractivity contribution in [3.05, 3.63) is 81.7 Å². The summed E-state index contributed by atoms with van der Waals surface area (Å²) in [5.74, 6) is 0.0245. The van der Waals surface area contributed by atoms with Crippen LogP contribution in [-0.4, -0.2) is 5.17 Å². The highest BCUT2D eigenvalue weighted by atomic mass is 35.5. The molecular weight excluding hydrogens is 357 g/mol. The molecule has 122 valence electrons. The Kier molecular flexibility index (Phi) is 3.76. The van der Waals surface area contributed by atoms with Crippen molar-refractivity contribution in [1.29, 1.82) is 5.26 Å². The van der Waals surface area contributed by atoms with Gasteiger partial charge in [-0.25, -0.2) is 4.99 Å². The molecule has 1 atom stereocenters. The molecule has 0 aromatic heterocycles. The molecule has 2 aliphatic heterocycles. The second-order valence-corrected chi connectivity index (χ2v) is 6.37. The van der Waals surface area contributed by atoms with Crippen molar-refractivity contribution in [2.75, 3.05) is 0 Å². The Morgan fingerprint density at radius 1 is 1.08 bits per heavy atom. The molecule has 2 N–H and O–H groups in total. The van der Waals surface area contributed by atoms with Crippen LogP contribution in [0.1, 0.15) is 17.0 Å². The first-order valence-corrected chi connectivity index (χ1v) is 8.27. The van der Waals surface area contributed by atoms with Crippen LogP contribution < -0.4 is 5.73 Å². The maximum atomic E-state index is 9.87. The number of halogens is 2. The molecule has 0 aliphatic carbocycles. The van der Waals surface area contributed by atoms with E-state index in [2.05, 4.69) is 11.1 Å². The van der Waals surface area contributed by atoms with Gasteiger partial charge in [0.25, 0.3) is 0 Å². The lowest BCUT2D eigenvalue weighted by Gasteiger charge is -2.32. The fourth-order valence-corrected chi connectivity index (χ4v) is 3.71. The van der Waals surface area contributed by atoms with Crippen molar-refractivity contribution in [1.82, 2.24) is 0 Å². The van der Waals surface area contributed by atoms with Crippen LogP contribution in [0, 0.1) is 11.3 Å². The SMILES string of the molecule is N#CC1=C(c2ccccc2)OC(N)=C2C(Cl)=Nc3cccc(Cl)c3C12. The maximum absolute atomic E-state index is 9.87. The molecule has 25 heavy (non-hydrogen) atoms. The predicted octanol–water partition coefficient (Wildman–Crippen LogP) is 4.84. The minimum atomic E-state index is -0.511. The molecule has 2 aromatic carbocycles. The number of rotatable bonds is 1. The number of fused-ring (bicyclic) bond motifs is 3. The third kappa shape index (κ3) is 2.41. The highest BCUT2D eigenvalue weighted by Crippen LogP contribution is 2.50. The fourth-order valence-electron chi connectivity index (χ4n) is 3.14. The van der Waals surface area contributed by atoms with Gasteiger partial charge in [0, 0.05) is 16.1 Å². The van der Waals surface area contributed by atoms with Crippen LogP contribution in [0.4, 0.5) is 5.69 Å². The van der Waals surface area contributed by atoms with E-state index < -0.39 is 5.92 Å². The van der Waals surface area contributed by atoms with Crippen molar-refractivity contribution in [3.8, 4) is 6.07 Å². The van der Waals surface area contributed by atoms with Crippen LogP contribution in [0.25, 0.3) is 5.76 Å². The standard InChI is InChI=1S/C19H11Cl2N3O/c20-12-7-4-8-13-15(12)14-11(9-22)17(10-5-2-1-3-6-10)25-19(23)16(14)18(21)24-13/h1-8,14H,23H2. The number of allylic oxidation sites excluding steroid dienone is 2. The lowest BCUT2D eigenvalue weighted by molar-refractivity contribution is 0.358. The molecule has 0 spiro atoms. The van der Waals surface area contributed by atoms with E-state index in [1.165, 1.54) is 0 Å². The van der Waals surface area contributed by atoms with E-state index in [0.717, 1.165) is 5.56 Å². The number of hydrogen-bond acceptors (Lipinski definition) is 4. The van der Waals surface area contributed by atoms with Crippen LogP contribution in [0.3, 0.4) is 0 Å². The molecule has 0 amide bonds. The minimum absolute atomic E-state index is 0.127. The molecule has 2 aromatic rings. The highest BCUT2D eigenvalue weighted by molar-refractivity contribution is 6.70. The zero-order valence-corrected chi connectivity index (χ0v) is 14.3. The maximum Gasteiger partial charge on any atom is 0.198 e. The summed E-state index contributed by atoms with van der Waals surface area (Å²) in [5.41, 5.74) is 9.10. The Labute approximate surface area is 154 Å². The van der Waals surface area contributed by atoms with Crippen LogP contribution in [-0.2, 0) is 4.74 Å². The number of ether oxygens (including phenoxy) is 1. The van der Waals surface area contributed by atoms with Crippen molar-refractivity contribution >= 4 is 39.8 Å². The molecule has 2 aliphatic rings. The second-order valence-electron chi connectivity index (χ2n) is 5.61. The molecule has 0 radical (unpaired) electrons. The Morgan fingerprint density at radius 2 is 1.84 bits per heavy atom. The summed E-state index contributed by atoms with van der Waals surface area (Å²) in [6.07, 6.45) is 0. The predicted molar refractivity (Wildman–Crippen MR) is 98.4 cm³/mol. The lowest BCUT2D eigenvalue weighted by atomic mass is 9.80. The normalized spacial score (nSPS) is 18.8. The number of nitriles is 1. The summed E-state index contributed by atoms with van der Waals surface area (Å²) in [6, 6.07) is 17.0. The Hall–Kier alpha value is -2.74. The van der Waals surface area contributed by atoms with Gasteiger partial charge in [0.05, 0.1) is 28.8 Å². The van der Waals surface area contributed by atoms with Crippen molar-refractivity contribution in [2.24, 2.45) is 10.7 Å². The summed E-state index contributed by atoms with van der Waals surface area (Å²) < 4.78 is 5.78. The molecule has 6 heteroatoms. The second kappa shape index (κ2) is 5.96. The molecule has 0 bridgehead atoms. The fraction of sp³-hybridized carbons (Fsp3) is 0.0526. The van der Waals surface area contributed by atoms with Gasteiger partial charge < -0.3 is 10.5 Å². The molecule has 4 nitrogen and oxygen atoms in total. The van der Waals surface area contributed by atoms with Crippen molar-refractivity contribution < 1.29 is 4.74 Å². The van der Waals surface area contributed by atoms with Gasteiger partial charge in [-0.1, -0.05) is 59.6 Å². The topological polar surface area (TPSA) is 71.4 Å². The molecular formula is C19H11Cl2N3O. The van der Waals surface area contributed by atoms with Crippen LogP contribution >= 0.6 is 23.2 Å². The average molecular weight is 368 g/mol. The molecule has 2 heterocycles. The first kappa shape index (κ1) is 15.8. The van der Waals surface area contributed by atoms with Crippen molar-refractivity contribution in [3.63, 3.8) is 0 Å². The van der Waals surface area contributed by atoms with E-state index in [1.54, 1.807) is 12.1 Å². The minimum Gasteiger partial charge on any atom is -0.439 e. The average Bonchev–Trinajstić information content (AvgIpc) is 2.62. The van der Waals surface area contributed by atoms with Crippen LogP contribution in [0.2, 0.25) is 5.02 Å². The third-order valence-electron chi connectivity index (χ3n) is 4.22. The Balaban J connectivity index is 2.03. The summed E-state index contributed by atoms with van der Waals surface area (Å²) in [7, 11) is 0. The van der Waals surface area contributed by atoms with E-state index in [4.69, 9.17) is 33.7 Å². The first-order valence-electron chi connectivity index (χ1n) is 7.52. The van der Waals surface area contributed by atoms with Gasteiger partial charge >= 0.3 is 0 Å². The van der Waals surface area contributed by atoms with Gasteiger partial charge in [-0.2, -0.15) is 5.26 Å². The first-order chi connectivity index (χ1) is 12.1. The zero-order valence-electron chi connectivity index (χ0n) is 12.8. The quantitative estimate of drug-likeness (QED) is 0.783. The number of benzene rings is 2. The van der Waals surface area contributed by atoms with E-state index >= 15 is 0 Å². The number of aliphatic imine (C=N–C) groups is 1. The van der Waals surface area contributed by atoms with Crippen LogP contribution in [0.15, 0.2) is 70.6 Å². The highest BCUT2D eigenvalue weighted by Gasteiger charge is 2.40. The zero-order chi connectivity index (χ0) is 17.6. The van der Waals surface area contributed by atoms with E-state index in [1.807, 2.05) is 36.4 Å². The third-order valence-corrected chi connectivity index (χ3v) is 4.83.